The van der Waals surface area contributed by atoms with Gasteiger partial charge in [-0.05, 0) is 31.2 Å². The van der Waals surface area contributed by atoms with Crippen molar-refractivity contribution in [3.8, 4) is 11.4 Å². The lowest BCUT2D eigenvalue weighted by Crippen LogP contribution is -2.15. The smallest absolute Gasteiger partial charge is 0.387 e. The van der Waals surface area contributed by atoms with Gasteiger partial charge in [-0.25, -0.2) is 4.68 Å². The second-order valence-electron chi connectivity index (χ2n) is 5.84. The first kappa shape index (κ1) is 19.6. The molecule has 0 aliphatic heterocycles. The monoisotopic (exact) mass is 411 g/mol. The SMILES string of the molecule is Cc1nn(-c2cccc(Cl)c2)c(Cl)c1CNCc1ccccc1OC(F)F. The molecule has 8 heteroatoms. The van der Waals surface area contributed by atoms with Crippen LogP contribution in [0.3, 0.4) is 0 Å². The Balaban J connectivity index is 1.73. The van der Waals surface area contributed by atoms with Crippen molar-refractivity contribution in [1.29, 1.82) is 0 Å². The van der Waals surface area contributed by atoms with Gasteiger partial charge in [0.1, 0.15) is 10.9 Å². The van der Waals surface area contributed by atoms with E-state index in [1.165, 1.54) is 6.07 Å². The Kier molecular flexibility index (Phi) is 6.31. The maximum absolute atomic E-state index is 12.5. The van der Waals surface area contributed by atoms with Crippen molar-refractivity contribution >= 4 is 23.2 Å². The van der Waals surface area contributed by atoms with Gasteiger partial charge in [-0.1, -0.05) is 47.5 Å². The van der Waals surface area contributed by atoms with Gasteiger partial charge in [-0.2, -0.15) is 13.9 Å². The molecule has 0 saturated carbocycles. The Morgan fingerprint density at radius 1 is 1.11 bits per heavy atom. The van der Waals surface area contributed by atoms with E-state index in [2.05, 4.69) is 15.2 Å². The summed E-state index contributed by atoms with van der Waals surface area (Å²) in [4.78, 5) is 0. The largest absolute Gasteiger partial charge is 0.434 e. The predicted molar refractivity (Wildman–Crippen MR) is 102 cm³/mol. The molecule has 0 unspecified atom stereocenters. The van der Waals surface area contributed by atoms with Crippen molar-refractivity contribution in [3.05, 3.63) is 75.5 Å². The third-order valence-corrected chi connectivity index (χ3v) is 4.60. The summed E-state index contributed by atoms with van der Waals surface area (Å²) >= 11 is 12.5. The Morgan fingerprint density at radius 2 is 1.89 bits per heavy atom. The molecule has 0 spiro atoms. The quantitative estimate of drug-likeness (QED) is 0.567. The lowest BCUT2D eigenvalue weighted by molar-refractivity contribution is -0.0505. The highest BCUT2D eigenvalue weighted by atomic mass is 35.5. The van der Waals surface area contributed by atoms with E-state index in [0.717, 1.165) is 16.9 Å². The molecular formula is C19H17Cl2F2N3O. The number of para-hydroxylation sites is 1. The molecular weight excluding hydrogens is 395 g/mol. The summed E-state index contributed by atoms with van der Waals surface area (Å²) < 4.78 is 31.2. The number of nitrogens with zero attached hydrogens (tertiary/aromatic N) is 2. The number of ether oxygens (including phenoxy) is 1. The lowest BCUT2D eigenvalue weighted by atomic mass is 10.2. The third-order valence-electron chi connectivity index (χ3n) is 3.98. The fourth-order valence-corrected chi connectivity index (χ4v) is 3.22. The highest BCUT2D eigenvalue weighted by Gasteiger charge is 2.15. The van der Waals surface area contributed by atoms with Crippen molar-refractivity contribution in [2.24, 2.45) is 0 Å². The number of halogens is 4. The van der Waals surface area contributed by atoms with Gasteiger partial charge >= 0.3 is 6.61 Å². The number of benzene rings is 2. The molecule has 0 atom stereocenters. The van der Waals surface area contributed by atoms with Gasteiger partial charge in [-0.3, -0.25) is 0 Å². The normalized spacial score (nSPS) is 11.2. The van der Waals surface area contributed by atoms with E-state index in [1.54, 1.807) is 35.0 Å². The molecule has 1 aromatic heterocycles. The lowest BCUT2D eigenvalue weighted by Gasteiger charge is -2.11. The molecule has 0 radical (unpaired) electrons. The Hall–Kier alpha value is -2.15. The van der Waals surface area contributed by atoms with Gasteiger partial charge < -0.3 is 10.1 Å². The maximum atomic E-state index is 12.5. The van der Waals surface area contributed by atoms with Gasteiger partial charge in [0.25, 0.3) is 0 Å². The maximum Gasteiger partial charge on any atom is 0.387 e. The molecule has 142 valence electrons. The summed E-state index contributed by atoms with van der Waals surface area (Å²) in [7, 11) is 0. The van der Waals surface area contributed by atoms with E-state index in [4.69, 9.17) is 23.2 Å². The molecule has 4 nitrogen and oxygen atoms in total. The zero-order valence-electron chi connectivity index (χ0n) is 14.4. The molecule has 0 aliphatic rings. The molecule has 27 heavy (non-hydrogen) atoms. The molecule has 1 N–H and O–H groups in total. The number of nitrogens with one attached hydrogen (secondary N) is 1. The van der Waals surface area contributed by atoms with Crippen LogP contribution in [-0.2, 0) is 13.1 Å². The number of aryl methyl sites for hydroxylation is 1. The van der Waals surface area contributed by atoms with Crippen molar-refractivity contribution in [3.63, 3.8) is 0 Å². The van der Waals surface area contributed by atoms with Crippen molar-refractivity contribution < 1.29 is 13.5 Å². The minimum absolute atomic E-state index is 0.150. The summed E-state index contributed by atoms with van der Waals surface area (Å²) in [5, 5.41) is 8.73. The van der Waals surface area contributed by atoms with E-state index in [1.807, 2.05) is 19.1 Å². The average molecular weight is 412 g/mol. The molecule has 3 rings (SSSR count). The summed E-state index contributed by atoms with van der Waals surface area (Å²) in [6.45, 7) is -0.230. The highest BCUT2D eigenvalue weighted by molar-refractivity contribution is 6.31. The van der Waals surface area contributed by atoms with Gasteiger partial charge in [0.05, 0.1) is 11.4 Å². The Labute approximate surface area is 165 Å². The van der Waals surface area contributed by atoms with E-state index < -0.39 is 6.61 Å². The first-order valence-corrected chi connectivity index (χ1v) is 8.94. The number of hydrogen-bond acceptors (Lipinski definition) is 3. The molecule has 0 bridgehead atoms. The Morgan fingerprint density at radius 3 is 2.63 bits per heavy atom. The third kappa shape index (κ3) is 4.77. The van der Waals surface area contributed by atoms with E-state index in [0.29, 0.717) is 28.8 Å². The fourth-order valence-electron chi connectivity index (χ4n) is 2.69. The molecule has 3 aromatic rings. The number of alkyl halides is 2. The van der Waals surface area contributed by atoms with Crippen LogP contribution in [-0.4, -0.2) is 16.4 Å². The predicted octanol–water partition coefficient (Wildman–Crippen LogP) is 5.38. The van der Waals surface area contributed by atoms with Crippen molar-refractivity contribution in [2.45, 2.75) is 26.6 Å². The van der Waals surface area contributed by atoms with Crippen LogP contribution < -0.4 is 10.1 Å². The summed E-state index contributed by atoms with van der Waals surface area (Å²) in [6, 6.07) is 13.9. The number of hydrogen-bond donors (Lipinski definition) is 1. The molecule has 1 heterocycles. The first-order chi connectivity index (χ1) is 13.0. The van der Waals surface area contributed by atoms with Crippen LogP contribution in [0.2, 0.25) is 10.2 Å². The van der Waals surface area contributed by atoms with Gasteiger partial charge in [0, 0.05) is 29.2 Å². The molecule has 0 fully saturated rings. The van der Waals surface area contributed by atoms with Gasteiger partial charge in [-0.15, -0.1) is 0 Å². The van der Waals surface area contributed by atoms with E-state index >= 15 is 0 Å². The van der Waals surface area contributed by atoms with Gasteiger partial charge in [0.15, 0.2) is 0 Å². The second kappa shape index (κ2) is 8.69. The summed E-state index contributed by atoms with van der Waals surface area (Å²) in [5.74, 6) is 0.150. The molecule has 2 aromatic carbocycles. The minimum atomic E-state index is -2.86. The number of aromatic nitrogens is 2. The first-order valence-electron chi connectivity index (χ1n) is 8.19. The minimum Gasteiger partial charge on any atom is -0.434 e. The van der Waals surface area contributed by atoms with Gasteiger partial charge in [0.2, 0.25) is 0 Å². The number of rotatable bonds is 7. The van der Waals surface area contributed by atoms with Crippen LogP contribution in [0.4, 0.5) is 8.78 Å². The van der Waals surface area contributed by atoms with Crippen molar-refractivity contribution in [2.75, 3.05) is 0 Å². The van der Waals surface area contributed by atoms with Crippen molar-refractivity contribution in [1.82, 2.24) is 15.1 Å². The molecule has 0 aliphatic carbocycles. The fraction of sp³-hybridized carbons (Fsp3) is 0.211. The van der Waals surface area contributed by atoms with Crippen LogP contribution in [0.1, 0.15) is 16.8 Å². The summed E-state index contributed by atoms with van der Waals surface area (Å²) in [6.07, 6.45) is 0. The van der Waals surface area contributed by atoms with E-state index in [-0.39, 0.29) is 5.75 Å². The highest BCUT2D eigenvalue weighted by Crippen LogP contribution is 2.25. The van der Waals surface area contributed by atoms with Crippen LogP contribution in [0.25, 0.3) is 5.69 Å². The standard InChI is InChI=1S/C19H17Cl2F2N3O/c1-12-16(18(21)26(25-12)15-7-4-6-14(20)9-15)11-24-10-13-5-2-3-8-17(13)27-19(22)23/h2-9,19,24H,10-11H2,1H3. The van der Waals surface area contributed by atoms with Crippen LogP contribution >= 0.6 is 23.2 Å². The Bertz CT molecular complexity index is 931. The van der Waals surface area contributed by atoms with Crippen LogP contribution in [0.15, 0.2) is 48.5 Å². The average Bonchev–Trinajstić information content (AvgIpc) is 2.91. The van der Waals surface area contributed by atoms with Crippen LogP contribution in [0, 0.1) is 6.92 Å². The van der Waals surface area contributed by atoms with E-state index in [9.17, 15) is 8.78 Å². The molecule has 0 saturated heterocycles. The molecule has 0 amide bonds. The van der Waals surface area contributed by atoms with Crippen LogP contribution in [0.5, 0.6) is 5.75 Å². The topological polar surface area (TPSA) is 39.1 Å². The zero-order valence-corrected chi connectivity index (χ0v) is 15.9. The second-order valence-corrected chi connectivity index (χ2v) is 6.63. The zero-order chi connectivity index (χ0) is 19.4. The summed E-state index contributed by atoms with van der Waals surface area (Å²) in [5.41, 5.74) is 2.99.